The molecule has 1 aromatic rings. The minimum absolute atomic E-state index is 0. The van der Waals surface area contributed by atoms with Gasteiger partial charge in [-0.05, 0) is 42.2 Å². The number of rotatable bonds is 6. The van der Waals surface area contributed by atoms with Gasteiger partial charge in [0.05, 0.1) is 0 Å². The fraction of sp³-hybridized carbons (Fsp3) is 0.652. The van der Waals surface area contributed by atoms with Gasteiger partial charge in [0.2, 0.25) is 5.91 Å². The van der Waals surface area contributed by atoms with Crippen LogP contribution in [0.25, 0.3) is 0 Å². The zero-order chi connectivity index (χ0) is 19.9. The molecule has 0 atom stereocenters. The van der Waals surface area contributed by atoms with E-state index in [2.05, 4.69) is 53.4 Å². The minimum atomic E-state index is 0. The lowest BCUT2D eigenvalue weighted by molar-refractivity contribution is -0.128. The van der Waals surface area contributed by atoms with E-state index in [0.717, 1.165) is 50.4 Å². The molecule has 2 fully saturated rings. The van der Waals surface area contributed by atoms with Crippen LogP contribution in [0.4, 0.5) is 0 Å². The van der Waals surface area contributed by atoms with Gasteiger partial charge in [0, 0.05) is 46.7 Å². The second kappa shape index (κ2) is 11.8. The SMILES string of the molecule is CN=C(NCc1cccc(CN2CCCC2=O)c1)N(C)CC1CCC(C)CC1.I. The van der Waals surface area contributed by atoms with E-state index in [-0.39, 0.29) is 29.9 Å². The van der Waals surface area contributed by atoms with Crippen molar-refractivity contribution in [2.24, 2.45) is 16.8 Å². The number of guanidine groups is 1. The molecule has 0 bridgehead atoms. The van der Waals surface area contributed by atoms with Crippen molar-refractivity contribution in [3.63, 3.8) is 0 Å². The van der Waals surface area contributed by atoms with Crippen molar-refractivity contribution < 1.29 is 4.79 Å². The molecule has 1 aliphatic carbocycles. The van der Waals surface area contributed by atoms with Gasteiger partial charge < -0.3 is 15.1 Å². The molecular weight excluding hydrogens is 475 g/mol. The number of amides is 1. The summed E-state index contributed by atoms with van der Waals surface area (Å²) < 4.78 is 0. The van der Waals surface area contributed by atoms with Crippen LogP contribution in [0.3, 0.4) is 0 Å². The monoisotopic (exact) mass is 512 g/mol. The number of hydrogen-bond acceptors (Lipinski definition) is 2. The Balaban J connectivity index is 0.00000300. The number of nitrogens with one attached hydrogen (secondary N) is 1. The highest BCUT2D eigenvalue weighted by Crippen LogP contribution is 2.28. The van der Waals surface area contributed by atoms with Gasteiger partial charge in [0.15, 0.2) is 5.96 Å². The van der Waals surface area contributed by atoms with Crippen LogP contribution in [-0.4, -0.2) is 48.9 Å². The van der Waals surface area contributed by atoms with Crippen LogP contribution < -0.4 is 5.32 Å². The van der Waals surface area contributed by atoms with Gasteiger partial charge in [-0.2, -0.15) is 0 Å². The third-order valence-electron chi connectivity index (χ3n) is 6.23. The number of carbonyl (C=O) groups excluding carboxylic acids is 1. The molecule has 29 heavy (non-hydrogen) atoms. The van der Waals surface area contributed by atoms with E-state index in [9.17, 15) is 4.79 Å². The summed E-state index contributed by atoms with van der Waals surface area (Å²) in [5, 5.41) is 3.51. The van der Waals surface area contributed by atoms with E-state index < -0.39 is 0 Å². The van der Waals surface area contributed by atoms with E-state index in [4.69, 9.17) is 0 Å². The summed E-state index contributed by atoms with van der Waals surface area (Å²) >= 11 is 0. The molecule has 162 valence electrons. The highest BCUT2D eigenvalue weighted by Gasteiger charge is 2.21. The van der Waals surface area contributed by atoms with E-state index in [1.54, 1.807) is 0 Å². The smallest absolute Gasteiger partial charge is 0.222 e. The van der Waals surface area contributed by atoms with Crippen molar-refractivity contribution in [2.45, 2.75) is 58.5 Å². The molecule has 2 aliphatic rings. The van der Waals surface area contributed by atoms with Crippen LogP contribution in [0.15, 0.2) is 29.3 Å². The van der Waals surface area contributed by atoms with Crippen LogP contribution >= 0.6 is 24.0 Å². The van der Waals surface area contributed by atoms with Gasteiger partial charge in [-0.3, -0.25) is 9.79 Å². The molecule has 1 aliphatic heterocycles. The molecule has 0 radical (unpaired) electrons. The number of likely N-dealkylation sites (tertiary alicyclic amines) is 1. The maximum Gasteiger partial charge on any atom is 0.222 e. The average Bonchev–Trinajstić information content (AvgIpc) is 3.09. The lowest BCUT2D eigenvalue weighted by Crippen LogP contribution is -2.41. The lowest BCUT2D eigenvalue weighted by Gasteiger charge is -2.31. The van der Waals surface area contributed by atoms with Crippen molar-refractivity contribution in [1.29, 1.82) is 0 Å². The van der Waals surface area contributed by atoms with Gasteiger partial charge in [-0.1, -0.05) is 44.0 Å². The Hall–Kier alpha value is -1.31. The molecule has 1 amide bonds. The third kappa shape index (κ3) is 7.15. The first-order valence-corrected chi connectivity index (χ1v) is 10.8. The van der Waals surface area contributed by atoms with E-state index >= 15 is 0 Å². The highest BCUT2D eigenvalue weighted by molar-refractivity contribution is 14.0. The Labute approximate surface area is 193 Å². The molecule has 1 N–H and O–H groups in total. The Bertz CT molecular complexity index is 685. The van der Waals surface area contributed by atoms with Crippen molar-refractivity contribution in [3.8, 4) is 0 Å². The van der Waals surface area contributed by atoms with Gasteiger partial charge in [0.1, 0.15) is 0 Å². The number of nitrogens with zero attached hydrogens (tertiary/aromatic N) is 3. The first kappa shape index (κ1) is 24.0. The molecule has 5 nitrogen and oxygen atoms in total. The average molecular weight is 512 g/mol. The van der Waals surface area contributed by atoms with Crippen LogP contribution in [0.5, 0.6) is 0 Å². The van der Waals surface area contributed by atoms with Crippen molar-refractivity contribution in [1.82, 2.24) is 15.1 Å². The summed E-state index contributed by atoms with van der Waals surface area (Å²) in [5.74, 6) is 2.91. The number of hydrogen-bond donors (Lipinski definition) is 1. The fourth-order valence-corrected chi connectivity index (χ4v) is 4.48. The Morgan fingerprint density at radius 1 is 1.24 bits per heavy atom. The quantitative estimate of drug-likeness (QED) is 0.352. The molecule has 1 saturated heterocycles. The molecule has 0 spiro atoms. The van der Waals surface area contributed by atoms with Gasteiger partial charge in [0.25, 0.3) is 0 Å². The summed E-state index contributed by atoms with van der Waals surface area (Å²) in [6, 6.07) is 8.54. The second-order valence-electron chi connectivity index (χ2n) is 8.65. The Morgan fingerprint density at radius 3 is 2.62 bits per heavy atom. The summed E-state index contributed by atoms with van der Waals surface area (Å²) in [5.41, 5.74) is 2.43. The van der Waals surface area contributed by atoms with Crippen molar-refractivity contribution in [3.05, 3.63) is 35.4 Å². The Morgan fingerprint density at radius 2 is 1.97 bits per heavy atom. The van der Waals surface area contributed by atoms with Crippen molar-refractivity contribution >= 4 is 35.8 Å². The largest absolute Gasteiger partial charge is 0.352 e. The fourth-order valence-electron chi connectivity index (χ4n) is 4.48. The molecule has 1 heterocycles. The summed E-state index contributed by atoms with van der Waals surface area (Å²) in [6.45, 7) is 5.80. The van der Waals surface area contributed by atoms with Crippen LogP contribution in [-0.2, 0) is 17.9 Å². The molecule has 3 rings (SSSR count). The van der Waals surface area contributed by atoms with Crippen molar-refractivity contribution in [2.75, 3.05) is 27.2 Å². The predicted molar refractivity (Wildman–Crippen MR) is 130 cm³/mol. The van der Waals surface area contributed by atoms with Crippen LogP contribution in [0.1, 0.15) is 56.6 Å². The highest BCUT2D eigenvalue weighted by atomic mass is 127. The first-order valence-electron chi connectivity index (χ1n) is 10.8. The number of benzene rings is 1. The van der Waals surface area contributed by atoms with Crippen LogP contribution in [0, 0.1) is 11.8 Å². The third-order valence-corrected chi connectivity index (χ3v) is 6.23. The zero-order valence-corrected chi connectivity index (χ0v) is 20.5. The van der Waals surface area contributed by atoms with E-state index in [1.165, 1.54) is 36.8 Å². The molecular formula is C23H37IN4O. The lowest BCUT2D eigenvalue weighted by atomic mass is 9.83. The Kier molecular flexibility index (Phi) is 9.72. The van der Waals surface area contributed by atoms with E-state index in [0.29, 0.717) is 6.42 Å². The zero-order valence-electron chi connectivity index (χ0n) is 18.2. The van der Waals surface area contributed by atoms with Gasteiger partial charge in [-0.15, -0.1) is 24.0 Å². The standard InChI is InChI=1S/C23H36N4O.HI/c1-18-9-11-19(12-10-18)16-26(3)23(24-2)25-15-20-6-4-7-21(14-20)17-27-13-5-8-22(27)28;/h4,6-7,14,18-19H,5,8-13,15-17H2,1-3H3,(H,24,25);1H. The minimum Gasteiger partial charge on any atom is -0.352 e. The summed E-state index contributed by atoms with van der Waals surface area (Å²) in [7, 11) is 4.00. The summed E-state index contributed by atoms with van der Waals surface area (Å²) in [6.07, 6.45) is 7.07. The van der Waals surface area contributed by atoms with Gasteiger partial charge in [-0.25, -0.2) is 0 Å². The molecule has 1 saturated carbocycles. The maximum atomic E-state index is 11.9. The molecule has 0 unspecified atom stereocenters. The first-order chi connectivity index (χ1) is 13.5. The normalized spacial score (nSPS) is 22.4. The van der Waals surface area contributed by atoms with E-state index in [1.807, 2.05) is 11.9 Å². The molecule has 0 aromatic heterocycles. The van der Waals surface area contributed by atoms with Gasteiger partial charge >= 0.3 is 0 Å². The summed E-state index contributed by atoms with van der Waals surface area (Å²) in [4.78, 5) is 20.6. The topological polar surface area (TPSA) is 47.9 Å². The van der Waals surface area contributed by atoms with Crippen LogP contribution in [0.2, 0.25) is 0 Å². The molecule has 1 aromatic carbocycles. The number of carbonyl (C=O) groups is 1. The number of aliphatic imine (C=N–C) groups is 1. The molecule has 6 heteroatoms. The number of halogens is 1. The second-order valence-corrected chi connectivity index (χ2v) is 8.65. The predicted octanol–water partition coefficient (Wildman–Crippen LogP) is 4.26. The maximum absolute atomic E-state index is 11.9.